The Balaban J connectivity index is 2.24. The van der Waals surface area contributed by atoms with Gasteiger partial charge in [0.25, 0.3) is 5.91 Å². The number of thiazole rings is 1. The maximum Gasteiger partial charge on any atom is 0.408 e. The number of nitriles is 1. The summed E-state index contributed by atoms with van der Waals surface area (Å²) < 4.78 is 6.76. The number of aromatic nitrogens is 4. The number of ether oxygens (including phenoxy) is 1. The van der Waals surface area contributed by atoms with Crippen molar-refractivity contribution in [1.29, 1.82) is 5.26 Å². The molecular formula is C17H23N7O3S. The zero-order chi connectivity index (χ0) is 21.1. The van der Waals surface area contributed by atoms with Gasteiger partial charge in [0, 0.05) is 7.05 Å². The van der Waals surface area contributed by atoms with Gasteiger partial charge in [-0.3, -0.25) is 4.79 Å². The molecule has 1 unspecified atom stereocenters. The van der Waals surface area contributed by atoms with Gasteiger partial charge in [0.1, 0.15) is 22.8 Å². The van der Waals surface area contributed by atoms with Crippen molar-refractivity contribution < 1.29 is 14.3 Å². The van der Waals surface area contributed by atoms with Crippen molar-refractivity contribution in [2.75, 3.05) is 13.6 Å². The van der Waals surface area contributed by atoms with E-state index in [9.17, 15) is 9.59 Å². The third-order valence-corrected chi connectivity index (χ3v) is 4.36. The second-order valence-electron chi connectivity index (χ2n) is 7.12. The van der Waals surface area contributed by atoms with E-state index in [0.717, 1.165) is 11.3 Å². The second-order valence-corrected chi connectivity index (χ2v) is 8.13. The topological polar surface area (TPSA) is 126 Å². The van der Waals surface area contributed by atoms with E-state index in [1.54, 1.807) is 41.7 Å². The van der Waals surface area contributed by atoms with Gasteiger partial charge >= 0.3 is 6.09 Å². The van der Waals surface area contributed by atoms with Crippen LogP contribution < -0.4 is 5.32 Å². The number of rotatable bonds is 5. The Morgan fingerprint density at radius 1 is 1.46 bits per heavy atom. The fourth-order valence-electron chi connectivity index (χ4n) is 2.23. The normalized spacial score (nSPS) is 12.2. The van der Waals surface area contributed by atoms with E-state index in [0.29, 0.717) is 21.7 Å². The Kier molecular flexibility index (Phi) is 6.35. The molecule has 10 nitrogen and oxygen atoms in total. The largest absolute Gasteiger partial charge is 0.444 e. The molecule has 28 heavy (non-hydrogen) atoms. The zero-order valence-electron chi connectivity index (χ0n) is 16.7. The van der Waals surface area contributed by atoms with Crippen LogP contribution in [0.4, 0.5) is 4.79 Å². The zero-order valence-corrected chi connectivity index (χ0v) is 17.5. The molecule has 0 fully saturated rings. The molecule has 2 aromatic rings. The highest BCUT2D eigenvalue weighted by atomic mass is 32.1. The molecule has 2 heterocycles. The molecule has 0 bridgehead atoms. The van der Waals surface area contributed by atoms with Crippen molar-refractivity contribution >= 4 is 23.3 Å². The summed E-state index contributed by atoms with van der Waals surface area (Å²) in [6, 6.07) is 1.43. The number of hydrogen-bond acceptors (Lipinski definition) is 8. The number of aryl methyl sites for hydroxylation is 1. The van der Waals surface area contributed by atoms with Crippen LogP contribution in [0.15, 0.2) is 6.20 Å². The van der Waals surface area contributed by atoms with Crippen molar-refractivity contribution in [2.24, 2.45) is 0 Å². The number of hydrogen-bond donors (Lipinski definition) is 1. The summed E-state index contributed by atoms with van der Waals surface area (Å²) in [5, 5.41) is 16.2. The van der Waals surface area contributed by atoms with Gasteiger partial charge in [-0.1, -0.05) is 11.3 Å². The van der Waals surface area contributed by atoms with E-state index in [4.69, 9.17) is 10.00 Å². The summed E-state index contributed by atoms with van der Waals surface area (Å²) in [5.41, 5.74) is -0.618. The van der Waals surface area contributed by atoms with Crippen LogP contribution in [-0.4, -0.2) is 55.8 Å². The predicted octanol–water partition coefficient (Wildman–Crippen LogP) is 2.21. The molecule has 0 aromatic carbocycles. The summed E-state index contributed by atoms with van der Waals surface area (Å²) in [5.74, 6) is 0.656. The minimum absolute atomic E-state index is 0.0173. The maximum atomic E-state index is 12.3. The van der Waals surface area contributed by atoms with Gasteiger partial charge in [-0.05, 0) is 34.6 Å². The summed E-state index contributed by atoms with van der Waals surface area (Å²) in [6.45, 7) is 8.80. The molecule has 2 rings (SSSR count). The highest BCUT2D eigenvalue weighted by molar-refractivity contribution is 7.16. The van der Waals surface area contributed by atoms with Crippen LogP contribution in [0.1, 0.15) is 55.1 Å². The first-order chi connectivity index (χ1) is 13.0. The minimum Gasteiger partial charge on any atom is -0.444 e. The van der Waals surface area contributed by atoms with Gasteiger partial charge in [-0.2, -0.15) is 9.94 Å². The lowest BCUT2D eigenvalue weighted by Crippen LogP contribution is -2.34. The van der Waals surface area contributed by atoms with Crippen LogP contribution >= 0.6 is 11.3 Å². The summed E-state index contributed by atoms with van der Waals surface area (Å²) >= 11 is 1.13. The van der Waals surface area contributed by atoms with Crippen molar-refractivity contribution in [3.05, 3.63) is 22.7 Å². The van der Waals surface area contributed by atoms with E-state index < -0.39 is 17.7 Å². The minimum atomic E-state index is -0.618. The van der Waals surface area contributed by atoms with Crippen LogP contribution in [0.2, 0.25) is 0 Å². The number of carbonyl (C=O) groups excluding carboxylic acids is 2. The van der Waals surface area contributed by atoms with Crippen LogP contribution in [0.5, 0.6) is 0 Å². The Labute approximate surface area is 167 Å². The molecule has 2 aromatic heterocycles. The SMILES string of the molecule is Cc1nc(C(C)NC(=O)OC(C)(C)C)n(-c2ncc(C(=O)N(C)CC#N)s2)n1. The highest BCUT2D eigenvalue weighted by Crippen LogP contribution is 2.22. The Hall–Kier alpha value is -3.00. The second kappa shape index (κ2) is 8.35. The van der Waals surface area contributed by atoms with Crippen LogP contribution in [0.3, 0.4) is 0 Å². The lowest BCUT2D eigenvalue weighted by atomic mass is 10.2. The average molecular weight is 405 g/mol. The van der Waals surface area contributed by atoms with E-state index in [-0.39, 0.29) is 12.5 Å². The first-order valence-electron chi connectivity index (χ1n) is 8.53. The molecule has 0 saturated heterocycles. The molecule has 0 saturated carbocycles. The van der Waals surface area contributed by atoms with Gasteiger partial charge in [0.2, 0.25) is 5.13 Å². The number of nitrogens with zero attached hydrogens (tertiary/aromatic N) is 6. The van der Waals surface area contributed by atoms with Crippen LogP contribution in [0.25, 0.3) is 5.13 Å². The quantitative estimate of drug-likeness (QED) is 0.756. The number of nitrogens with one attached hydrogen (secondary N) is 1. The monoisotopic (exact) mass is 405 g/mol. The van der Waals surface area contributed by atoms with Crippen molar-refractivity contribution in [3.63, 3.8) is 0 Å². The molecule has 1 atom stereocenters. The average Bonchev–Trinajstić information content (AvgIpc) is 3.18. The van der Waals surface area contributed by atoms with E-state index in [1.807, 2.05) is 6.07 Å². The summed E-state index contributed by atoms with van der Waals surface area (Å²) in [6.07, 6.45) is 0.864. The van der Waals surface area contributed by atoms with Crippen molar-refractivity contribution in [2.45, 2.75) is 46.3 Å². The van der Waals surface area contributed by atoms with Crippen molar-refractivity contribution in [1.82, 2.24) is 30.0 Å². The summed E-state index contributed by atoms with van der Waals surface area (Å²) in [7, 11) is 1.54. The maximum absolute atomic E-state index is 12.3. The highest BCUT2D eigenvalue weighted by Gasteiger charge is 2.24. The molecule has 1 N–H and O–H groups in total. The third kappa shape index (κ3) is 5.26. The van der Waals surface area contributed by atoms with E-state index >= 15 is 0 Å². The molecule has 0 spiro atoms. The molecule has 150 valence electrons. The molecule has 2 amide bonds. The van der Waals surface area contributed by atoms with E-state index in [2.05, 4.69) is 20.4 Å². The van der Waals surface area contributed by atoms with Gasteiger partial charge in [0.15, 0.2) is 5.82 Å². The van der Waals surface area contributed by atoms with Gasteiger partial charge in [0.05, 0.1) is 18.3 Å². The standard InChI is InChI=1S/C17H23N7O3S/c1-10(20-16(26)27-17(3,4)5)13-21-11(2)22-24(13)15-19-9-12(28-15)14(25)23(6)8-7-18/h9-10H,8H2,1-6H3,(H,20,26). The van der Waals surface area contributed by atoms with Gasteiger partial charge in [-0.15, -0.1) is 5.10 Å². The molecular weight excluding hydrogens is 382 g/mol. The Bertz CT molecular complexity index is 907. The number of amides is 2. The van der Waals surface area contributed by atoms with Crippen LogP contribution in [-0.2, 0) is 4.74 Å². The molecule has 0 aliphatic rings. The molecule has 0 aliphatic carbocycles. The number of alkyl carbamates (subject to hydrolysis) is 1. The van der Waals surface area contributed by atoms with E-state index in [1.165, 1.54) is 15.8 Å². The first kappa shape index (κ1) is 21.3. The first-order valence-corrected chi connectivity index (χ1v) is 9.35. The molecule has 0 radical (unpaired) electrons. The Morgan fingerprint density at radius 3 is 2.75 bits per heavy atom. The van der Waals surface area contributed by atoms with Gasteiger partial charge < -0.3 is 15.0 Å². The summed E-state index contributed by atoms with van der Waals surface area (Å²) in [4.78, 5) is 34.6. The van der Waals surface area contributed by atoms with Gasteiger partial charge in [-0.25, -0.2) is 14.8 Å². The number of carbonyl (C=O) groups is 2. The molecule has 0 aliphatic heterocycles. The third-order valence-electron chi connectivity index (χ3n) is 3.40. The fourth-order valence-corrected chi connectivity index (χ4v) is 3.10. The smallest absolute Gasteiger partial charge is 0.408 e. The predicted molar refractivity (Wildman–Crippen MR) is 102 cm³/mol. The van der Waals surface area contributed by atoms with Crippen molar-refractivity contribution in [3.8, 4) is 11.2 Å². The fraction of sp³-hybridized carbons (Fsp3) is 0.529. The Morgan fingerprint density at radius 2 is 2.14 bits per heavy atom. The molecule has 11 heteroatoms. The lowest BCUT2D eigenvalue weighted by Gasteiger charge is -2.21. The lowest BCUT2D eigenvalue weighted by molar-refractivity contribution is 0.0505. The van der Waals surface area contributed by atoms with Crippen LogP contribution in [0, 0.1) is 18.3 Å².